The fourth-order valence-corrected chi connectivity index (χ4v) is 3.70. The third-order valence-electron chi connectivity index (χ3n) is 5.27. The SMILES string of the molecule is Cc1ccc2c(NC(=O)N3CCCC(C(=O)Nc4ccccc4)C3)c(C(N)=O)oc2n1. The summed E-state index contributed by atoms with van der Waals surface area (Å²) in [5.41, 5.74) is 7.27. The maximum absolute atomic E-state index is 12.9. The Kier molecular flexibility index (Phi) is 5.57. The number of fused-ring (bicyclic) bond motifs is 1. The van der Waals surface area contributed by atoms with E-state index in [0.29, 0.717) is 36.2 Å². The Morgan fingerprint density at radius 3 is 2.65 bits per heavy atom. The number of benzene rings is 1. The van der Waals surface area contributed by atoms with Gasteiger partial charge in [0.1, 0.15) is 5.69 Å². The third kappa shape index (κ3) is 4.35. The van der Waals surface area contributed by atoms with Crippen LogP contribution >= 0.6 is 0 Å². The summed E-state index contributed by atoms with van der Waals surface area (Å²) in [5, 5.41) is 6.11. The molecular formula is C22H23N5O4. The number of anilines is 2. The molecule has 4 amide bonds. The Hall–Kier alpha value is -3.88. The summed E-state index contributed by atoms with van der Waals surface area (Å²) < 4.78 is 5.47. The van der Waals surface area contributed by atoms with Crippen molar-refractivity contribution in [2.75, 3.05) is 23.7 Å². The Morgan fingerprint density at radius 2 is 1.90 bits per heavy atom. The molecule has 1 atom stereocenters. The van der Waals surface area contributed by atoms with Crippen LogP contribution in [0.5, 0.6) is 0 Å². The quantitative estimate of drug-likeness (QED) is 0.596. The fourth-order valence-electron chi connectivity index (χ4n) is 3.70. The summed E-state index contributed by atoms with van der Waals surface area (Å²) in [7, 11) is 0. The number of aryl methyl sites for hydroxylation is 1. The topological polar surface area (TPSA) is 131 Å². The zero-order chi connectivity index (χ0) is 22.0. The smallest absolute Gasteiger partial charge is 0.321 e. The van der Waals surface area contributed by atoms with Crippen LogP contribution in [0.3, 0.4) is 0 Å². The number of amides is 4. The Balaban J connectivity index is 1.49. The molecule has 3 heterocycles. The monoisotopic (exact) mass is 421 g/mol. The minimum Gasteiger partial charge on any atom is -0.430 e. The fraction of sp³-hybridized carbons (Fsp3) is 0.273. The molecule has 4 N–H and O–H groups in total. The summed E-state index contributed by atoms with van der Waals surface area (Å²) >= 11 is 0. The summed E-state index contributed by atoms with van der Waals surface area (Å²) in [4.78, 5) is 43.2. The third-order valence-corrected chi connectivity index (χ3v) is 5.27. The normalized spacial score (nSPS) is 16.2. The number of likely N-dealkylation sites (tertiary alicyclic amines) is 1. The number of primary amides is 1. The van der Waals surface area contributed by atoms with Crippen LogP contribution in [0.1, 0.15) is 29.1 Å². The van der Waals surface area contributed by atoms with Gasteiger partial charge in [-0.3, -0.25) is 9.59 Å². The molecule has 4 rings (SSSR count). The van der Waals surface area contributed by atoms with E-state index in [0.717, 1.165) is 0 Å². The minimum atomic E-state index is -0.801. The standard InChI is InChI=1S/C22H23N5O4/c1-13-9-10-16-17(18(19(23)28)31-21(16)24-13)26-22(30)27-11-5-6-14(12-27)20(29)25-15-7-3-2-4-8-15/h2-4,7-10,14H,5-6,11-12H2,1H3,(H2,23,28)(H,25,29)(H,26,30). The summed E-state index contributed by atoms with van der Waals surface area (Å²) in [6.07, 6.45) is 1.38. The molecule has 1 unspecified atom stereocenters. The van der Waals surface area contributed by atoms with Crippen molar-refractivity contribution >= 4 is 40.3 Å². The highest BCUT2D eigenvalue weighted by Gasteiger charge is 2.30. The van der Waals surface area contributed by atoms with Gasteiger partial charge < -0.3 is 25.7 Å². The first kappa shape index (κ1) is 20.4. The number of nitrogens with two attached hydrogens (primary N) is 1. The van der Waals surface area contributed by atoms with Crippen molar-refractivity contribution < 1.29 is 18.8 Å². The van der Waals surface area contributed by atoms with Crippen molar-refractivity contribution in [1.29, 1.82) is 0 Å². The first-order chi connectivity index (χ1) is 14.9. The van der Waals surface area contributed by atoms with Gasteiger partial charge in [0, 0.05) is 24.5 Å². The number of furan rings is 1. The molecule has 0 spiro atoms. The lowest BCUT2D eigenvalue weighted by Crippen LogP contribution is -2.45. The average Bonchev–Trinajstić information content (AvgIpc) is 3.12. The molecule has 0 radical (unpaired) electrons. The number of urea groups is 1. The van der Waals surface area contributed by atoms with Crippen LogP contribution in [0.4, 0.5) is 16.2 Å². The average molecular weight is 421 g/mol. The van der Waals surface area contributed by atoms with Gasteiger partial charge in [0.15, 0.2) is 0 Å². The molecule has 1 saturated heterocycles. The van der Waals surface area contributed by atoms with Crippen LogP contribution in [-0.2, 0) is 4.79 Å². The molecule has 9 heteroatoms. The maximum Gasteiger partial charge on any atom is 0.321 e. The lowest BCUT2D eigenvalue weighted by molar-refractivity contribution is -0.121. The lowest BCUT2D eigenvalue weighted by atomic mass is 9.97. The van der Waals surface area contributed by atoms with E-state index in [4.69, 9.17) is 10.2 Å². The second-order valence-electron chi connectivity index (χ2n) is 7.55. The van der Waals surface area contributed by atoms with E-state index in [2.05, 4.69) is 15.6 Å². The van der Waals surface area contributed by atoms with Crippen LogP contribution in [0.15, 0.2) is 46.9 Å². The number of carbonyl (C=O) groups excluding carboxylic acids is 3. The van der Waals surface area contributed by atoms with E-state index in [1.165, 1.54) is 0 Å². The first-order valence-electron chi connectivity index (χ1n) is 10.0. The number of pyridine rings is 1. The number of para-hydroxylation sites is 1. The molecule has 0 saturated carbocycles. The molecule has 0 bridgehead atoms. The molecule has 1 fully saturated rings. The van der Waals surface area contributed by atoms with E-state index in [1.807, 2.05) is 30.3 Å². The Labute approximate surface area is 178 Å². The van der Waals surface area contributed by atoms with Crippen LogP contribution < -0.4 is 16.4 Å². The number of rotatable bonds is 4. The second-order valence-corrected chi connectivity index (χ2v) is 7.55. The van der Waals surface area contributed by atoms with Gasteiger partial charge in [-0.2, -0.15) is 0 Å². The zero-order valence-electron chi connectivity index (χ0n) is 17.1. The number of piperidine rings is 1. The van der Waals surface area contributed by atoms with E-state index >= 15 is 0 Å². The second kappa shape index (κ2) is 8.47. The molecule has 31 heavy (non-hydrogen) atoms. The zero-order valence-corrected chi connectivity index (χ0v) is 17.1. The largest absolute Gasteiger partial charge is 0.430 e. The van der Waals surface area contributed by atoms with E-state index in [9.17, 15) is 14.4 Å². The van der Waals surface area contributed by atoms with Gasteiger partial charge in [-0.05, 0) is 44.0 Å². The molecule has 3 aromatic rings. The molecular weight excluding hydrogens is 398 g/mol. The Bertz CT molecular complexity index is 1140. The van der Waals surface area contributed by atoms with Gasteiger partial charge in [-0.15, -0.1) is 0 Å². The lowest BCUT2D eigenvalue weighted by Gasteiger charge is -2.32. The molecule has 0 aliphatic carbocycles. The van der Waals surface area contributed by atoms with Crippen molar-refractivity contribution in [1.82, 2.24) is 9.88 Å². The minimum absolute atomic E-state index is 0.130. The van der Waals surface area contributed by atoms with E-state index in [-0.39, 0.29) is 35.5 Å². The van der Waals surface area contributed by atoms with Crippen molar-refractivity contribution in [2.45, 2.75) is 19.8 Å². The van der Waals surface area contributed by atoms with Crippen molar-refractivity contribution in [3.05, 3.63) is 53.9 Å². The number of nitrogens with zero attached hydrogens (tertiary/aromatic N) is 2. The molecule has 1 aromatic carbocycles. The molecule has 2 aromatic heterocycles. The van der Waals surface area contributed by atoms with Gasteiger partial charge in [-0.25, -0.2) is 9.78 Å². The van der Waals surface area contributed by atoms with E-state index in [1.54, 1.807) is 24.0 Å². The van der Waals surface area contributed by atoms with Crippen molar-refractivity contribution in [3.63, 3.8) is 0 Å². The van der Waals surface area contributed by atoms with Crippen LogP contribution in [0, 0.1) is 12.8 Å². The van der Waals surface area contributed by atoms with E-state index < -0.39 is 11.9 Å². The summed E-state index contributed by atoms with van der Waals surface area (Å²) in [5.74, 6) is -1.42. The van der Waals surface area contributed by atoms with Crippen LogP contribution in [0.2, 0.25) is 0 Å². The molecule has 9 nitrogen and oxygen atoms in total. The maximum atomic E-state index is 12.9. The molecule has 160 valence electrons. The van der Waals surface area contributed by atoms with Crippen molar-refractivity contribution in [3.8, 4) is 0 Å². The van der Waals surface area contributed by atoms with Crippen LogP contribution in [-0.4, -0.2) is 40.8 Å². The Morgan fingerprint density at radius 1 is 1.13 bits per heavy atom. The number of nitrogens with one attached hydrogen (secondary N) is 2. The van der Waals surface area contributed by atoms with Gasteiger partial charge in [0.2, 0.25) is 17.4 Å². The molecule has 1 aliphatic heterocycles. The number of aromatic nitrogens is 1. The van der Waals surface area contributed by atoms with Gasteiger partial charge in [0.25, 0.3) is 5.91 Å². The highest BCUT2D eigenvalue weighted by molar-refractivity contribution is 6.09. The predicted molar refractivity (Wildman–Crippen MR) is 116 cm³/mol. The highest BCUT2D eigenvalue weighted by Crippen LogP contribution is 2.30. The first-order valence-corrected chi connectivity index (χ1v) is 10.0. The van der Waals surface area contributed by atoms with Gasteiger partial charge in [-0.1, -0.05) is 18.2 Å². The number of hydrogen-bond acceptors (Lipinski definition) is 5. The highest BCUT2D eigenvalue weighted by atomic mass is 16.4. The summed E-state index contributed by atoms with van der Waals surface area (Å²) in [6, 6.07) is 12.2. The van der Waals surface area contributed by atoms with Crippen molar-refractivity contribution in [2.24, 2.45) is 11.7 Å². The predicted octanol–water partition coefficient (Wildman–Crippen LogP) is 3.12. The van der Waals surface area contributed by atoms with Crippen LogP contribution in [0.25, 0.3) is 11.1 Å². The molecule has 1 aliphatic rings. The number of carbonyl (C=O) groups is 3. The van der Waals surface area contributed by atoms with Gasteiger partial charge in [0.05, 0.1) is 11.3 Å². The van der Waals surface area contributed by atoms with Gasteiger partial charge >= 0.3 is 6.03 Å². The summed E-state index contributed by atoms with van der Waals surface area (Å²) in [6.45, 7) is 2.56. The number of hydrogen-bond donors (Lipinski definition) is 3.